The Hall–Kier alpha value is -8.40. The summed E-state index contributed by atoms with van der Waals surface area (Å²) in [6.07, 6.45) is 0. The highest BCUT2D eigenvalue weighted by Gasteiger charge is 2.52. The molecule has 11 aromatic rings. The highest BCUT2D eigenvalue weighted by atomic mass is 16.3. The molecule has 2 aliphatic rings. The number of rotatable bonds is 6. The van der Waals surface area contributed by atoms with Crippen molar-refractivity contribution in [2.24, 2.45) is 0 Å². The quantitative estimate of drug-likeness (QED) is 0.167. The molecule has 2 heterocycles. The second-order valence-corrected chi connectivity index (χ2v) is 16.7. The van der Waals surface area contributed by atoms with Gasteiger partial charge in [0.15, 0.2) is 5.58 Å². The van der Waals surface area contributed by atoms with Gasteiger partial charge in [-0.25, -0.2) is 0 Å². The van der Waals surface area contributed by atoms with E-state index in [-0.39, 0.29) is 0 Å². The van der Waals surface area contributed by atoms with Crippen LogP contribution in [-0.2, 0) is 5.41 Å². The fourth-order valence-corrected chi connectivity index (χ4v) is 10.9. The average Bonchev–Trinajstić information content (AvgIpc) is 3.89. The van der Waals surface area contributed by atoms with Crippen LogP contribution in [0.25, 0.3) is 55.3 Å². The SMILES string of the molecule is c1ccc(-c2ccccc2-c2ccccc2N(c2ccc3c(c2)C2(c4ccccc4-3)c3ccccc3N(c3ccccc3)c3ccccc32)c2cccc3c2oc2ccccc23)cc1. The van der Waals surface area contributed by atoms with Crippen LogP contribution in [0.1, 0.15) is 22.3 Å². The van der Waals surface area contributed by atoms with Gasteiger partial charge in [0.2, 0.25) is 0 Å². The molecular weight excluding hydrogens is 777 g/mol. The van der Waals surface area contributed by atoms with Crippen LogP contribution in [0.15, 0.2) is 247 Å². The molecule has 0 radical (unpaired) electrons. The summed E-state index contributed by atoms with van der Waals surface area (Å²) in [6, 6.07) is 88.3. The van der Waals surface area contributed by atoms with Gasteiger partial charge in [0.1, 0.15) is 5.58 Å². The van der Waals surface area contributed by atoms with Gasteiger partial charge >= 0.3 is 0 Å². The van der Waals surface area contributed by atoms with Gasteiger partial charge in [0.25, 0.3) is 0 Å². The molecule has 0 amide bonds. The van der Waals surface area contributed by atoms with Crippen LogP contribution in [0.2, 0.25) is 0 Å². The first-order valence-electron chi connectivity index (χ1n) is 22.0. The van der Waals surface area contributed by atoms with Gasteiger partial charge < -0.3 is 14.2 Å². The van der Waals surface area contributed by atoms with E-state index < -0.39 is 5.41 Å². The van der Waals surface area contributed by atoms with E-state index in [1.165, 1.54) is 55.9 Å². The van der Waals surface area contributed by atoms with Gasteiger partial charge in [-0.2, -0.15) is 0 Å². The number of hydrogen-bond donors (Lipinski definition) is 0. The number of nitrogens with zero attached hydrogens (tertiary/aromatic N) is 2. The Morgan fingerprint density at radius 3 is 1.67 bits per heavy atom. The first-order chi connectivity index (χ1) is 31.8. The Morgan fingerprint density at radius 2 is 0.906 bits per heavy atom. The zero-order valence-corrected chi connectivity index (χ0v) is 34.9. The molecule has 1 aliphatic carbocycles. The van der Waals surface area contributed by atoms with E-state index in [1.54, 1.807) is 0 Å². The van der Waals surface area contributed by atoms with Crippen LogP contribution in [0.4, 0.5) is 34.1 Å². The second kappa shape index (κ2) is 14.3. The number of para-hydroxylation sites is 6. The lowest BCUT2D eigenvalue weighted by Crippen LogP contribution is -2.36. The van der Waals surface area contributed by atoms with Crippen molar-refractivity contribution in [1.29, 1.82) is 0 Å². The number of hydrogen-bond acceptors (Lipinski definition) is 3. The number of benzene rings is 10. The Labute approximate surface area is 372 Å². The first kappa shape index (κ1) is 36.3. The van der Waals surface area contributed by atoms with E-state index in [4.69, 9.17) is 4.42 Å². The summed E-state index contributed by atoms with van der Waals surface area (Å²) in [5.74, 6) is 0. The minimum absolute atomic E-state index is 0.614. The smallest absolute Gasteiger partial charge is 0.159 e. The van der Waals surface area contributed by atoms with Crippen LogP contribution in [0, 0.1) is 0 Å². The lowest BCUT2D eigenvalue weighted by atomic mass is 9.64. The molecule has 0 atom stereocenters. The third-order valence-corrected chi connectivity index (χ3v) is 13.5. The van der Waals surface area contributed by atoms with E-state index >= 15 is 0 Å². The van der Waals surface area contributed by atoms with Crippen molar-refractivity contribution in [2.45, 2.75) is 5.41 Å². The van der Waals surface area contributed by atoms with Crippen LogP contribution in [0.3, 0.4) is 0 Å². The lowest BCUT2D eigenvalue weighted by molar-refractivity contribution is 0.669. The maximum absolute atomic E-state index is 6.90. The first-order valence-corrected chi connectivity index (χ1v) is 22.0. The molecule has 0 fully saturated rings. The predicted molar refractivity (Wildman–Crippen MR) is 265 cm³/mol. The van der Waals surface area contributed by atoms with Crippen LogP contribution < -0.4 is 9.80 Å². The van der Waals surface area contributed by atoms with Crippen molar-refractivity contribution >= 4 is 56.1 Å². The third kappa shape index (κ3) is 5.22. The fraction of sp³-hybridized carbons (Fsp3) is 0.0164. The Kier molecular flexibility index (Phi) is 8.13. The van der Waals surface area contributed by atoms with Gasteiger partial charge in [0.05, 0.1) is 28.2 Å². The molecule has 0 bridgehead atoms. The van der Waals surface area contributed by atoms with Crippen molar-refractivity contribution in [3.8, 4) is 33.4 Å². The third-order valence-electron chi connectivity index (χ3n) is 13.5. The molecule has 1 aromatic heterocycles. The van der Waals surface area contributed by atoms with Crippen LogP contribution in [0.5, 0.6) is 0 Å². The summed E-state index contributed by atoms with van der Waals surface area (Å²) in [5, 5.41) is 2.19. The molecule has 0 saturated heterocycles. The van der Waals surface area contributed by atoms with Crippen molar-refractivity contribution in [1.82, 2.24) is 0 Å². The van der Waals surface area contributed by atoms with Crippen molar-refractivity contribution in [2.75, 3.05) is 9.80 Å². The van der Waals surface area contributed by atoms with Gasteiger partial charge in [0, 0.05) is 27.7 Å². The molecule has 0 N–H and O–H groups in total. The van der Waals surface area contributed by atoms with Gasteiger partial charge in [-0.05, 0) is 105 Å². The summed E-state index contributed by atoms with van der Waals surface area (Å²) in [5.41, 5.74) is 19.8. The van der Waals surface area contributed by atoms with Crippen LogP contribution in [-0.4, -0.2) is 0 Å². The van der Waals surface area contributed by atoms with Gasteiger partial charge in [-0.1, -0.05) is 188 Å². The molecule has 3 heteroatoms. The lowest BCUT2D eigenvalue weighted by Gasteiger charge is -2.45. The molecule has 0 unspecified atom stereocenters. The van der Waals surface area contributed by atoms with E-state index in [1.807, 2.05) is 6.07 Å². The van der Waals surface area contributed by atoms with Crippen molar-refractivity contribution < 1.29 is 4.42 Å². The van der Waals surface area contributed by atoms with E-state index in [2.05, 4.69) is 246 Å². The Bertz CT molecular complexity index is 3540. The van der Waals surface area contributed by atoms with Gasteiger partial charge in [-0.15, -0.1) is 0 Å². The summed E-state index contributed by atoms with van der Waals surface area (Å²) in [4.78, 5) is 4.88. The zero-order chi connectivity index (χ0) is 42.2. The standard InChI is InChI=1S/C61H40N2O/c1-3-20-41(21-4-1)44-24-7-8-25-45(44)48-27-10-15-33-55(48)63(58-36-19-29-50-49-28-11-18-37-59(49)64-60(50)58)43-38-39-47-46-26-9-12-30-51(46)61(54(47)40-43)52-31-13-16-34-56(52)62(42-22-5-2-6-23-42)57-35-17-14-32-53(57)61/h1-40H. The van der Waals surface area contributed by atoms with Crippen molar-refractivity contribution in [3.63, 3.8) is 0 Å². The fourth-order valence-electron chi connectivity index (χ4n) is 10.9. The minimum atomic E-state index is -0.614. The topological polar surface area (TPSA) is 19.6 Å². The molecule has 13 rings (SSSR count). The number of anilines is 6. The highest BCUT2D eigenvalue weighted by molar-refractivity contribution is 6.11. The summed E-state index contributed by atoms with van der Waals surface area (Å²) in [6.45, 7) is 0. The summed E-state index contributed by atoms with van der Waals surface area (Å²) in [7, 11) is 0. The summed E-state index contributed by atoms with van der Waals surface area (Å²) >= 11 is 0. The van der Waals surface area contributed by atoms with E-state index in [0.29, 0.717) is 0 Å². The Balaban J connectivity index is 1.12. The second-order valence-electron chi connectivity index (χ2n) is 16.7. The normalized spacial score (nSPS) is 13.1. The van der Waals surface area contributed by atoms with Gasteiger partial charge in [-0.3, -0.25) is 0 Å². The molecule has 1 aliphatic heterocycles. The predicted octanol–water partition coefficient (Wildman–Crippen LogP) is 16.5. The Morgan fingerprint density at radius 1 is 0.359 bits per heavy atom. The largest absolute Gasteiger partial charge is 0.454 e. The molecule has 1 spiro atoms. The van der Waals surface area contributed by atoms with Crippen molar-refractivity contribution in [3.05, 3.63) is 265 Å². The highest BCUT2D eigenvalue weighted by Crippen LogP contribution is 2.64. The monoisotopic (exact) mass is 816 g/mol. The number of fused-ring (bicyclic) bond motifs is 12. The molecule has 0 saturated carbocycles. The van der Waals surface area contributed by atoms with E-state index in [9.17, 15) is 0 Å². The number of furan rings is 1. The molecule has 10 aromatic carbocycles. The maximum atomic E-state index is 6.90. The maximum Gasteiger partial charge on any atom is 0.159 e. The van der Waals surface area contributed by atoms with E-state index in [0.717, 1.165) is 55.8 Å². The summed E-state index contributed by atoms with van der Waals surface area (Å²) < 4.78 is 6.90. The average molecular weight is 817 g/mol. The molecule has 300 valence electrons. The molecule has 64 heavy (non-hydrogen) atoms. The zero-order valence-electron chi connectivity index (χ0n) is 34.9. The van der Waals surface area contributed by atoms with Crippen LogP contribution >= 0.6 is 0 Å². The molecular formula is C61H40N2O. The molecule has 3 nitrogen and oxygen atoms in total. The minimum Gasteiger partial charge on any atom is -0.454 e.